The van der Waals surface area contributed by atoms with Crippen molar-refractivity contribution in [1.29, 1.82) is 0 Å². The molecule has 2 rings (SSSR count). The lowest BCUT2D eigenvalue weighted by molar-refractivity contribution is 0.117. The predicted octanol–water partition coefficient (Wildman–Crippen LogP) is 4.11. The lowest BCUT2D eigenvalue weighted by Crippen LogP contribution is -2.37. The molecule has 0 unspecified atom stereocenters. The van der Waals surface area contributed by atoms with E-state index < -0.39 is 0 Å². The number of guanidine groups is 1. The Labute approximate surface area is 172 Å². The van der Waals surface area contributed by atoms with Crippen molar-refractivity contribution in [1.82, 2.24) is 10.6 Å². The minimum atomic E-state index is -0.207. The van der Waals surface area contributed by atoms with Crippen LogP contribution in [0.4, 0.5) is 4.39 Å². The Kier molecular flexibility index (Phi) is 11.6. The topological polar surface area (TPSA) is 45.7 Å². The normalized spacial score (nSPS) is 10.9. The van der Waals surface area contributed by atoms with Crippen molar-refractivity contribution in [2.24, 2.45) is 4.99 Å². The molecule has 2 aromatic carbocycles. The summed E-state index contributed by atoms with van der Waals surface area (Å²) >= 11 is 0. The first kappa shape index (κ1) is 22.4. The molecule has 0 saturated heterocycles. The van der Waals surface area contributed by atoms with Gasteiger partial charge in [-0.2, -0.15) is 0 Å². The van der Waals surface area contributed by atoms with Gasteiger partial charge in [0, 0.05) is 32.3 Å². The number of ether oxygens (including phenoxy) is 1. The Bertz CT molecular complexity index is 653. The van der Waals surface area contributed by atoms with Crippen LogP contribution in [0, 0.1) is 5.82 Å². The molecule has 0 fully saturated rings. The van der Waals surface area contributed by atoms with Gasteiger partial charge in [0.05, 0.1) is 6.61 Å². The molecule has 6 heteroatoms. The number of rotatable bonds is 9. The molecule has 0 amide bonds. The van der Waals surface area contributed by atoms with Gasteiger partial charge in [-0.1, -0.05) is 48.5 Å². The Morgan fingerprint density at radius 3 is 2.46 bits per heavy atom. The maximum absolute atomic E-state index is 13.6. The molecule has 142 valence electrons. The van der Waals surface area contributed by atoms with Crippen molar-refractivity contribution in [2.75, 3.05) is 20.2 Å². The molecule has 0 aliphatic rings. The number of nitrogens with one attached hydrogen (secondary N) is 2. The molecular formula is C20H27FIN3O. The lowest BCUT2D eigenvalue weighted by Gasteiger charge is -2.12. The van der Waals surface area contributed by atoms with E-state index in [-0.39, 0.29) is 29.8 Å². The highest BCUT2D eigenvalue weighted by Crippen LogP contribution is 2.05. The average Bonchev–Trinajstić information content (AvgIpc) is 2.65. The third kappa shape index (κ3) is 8.62. The van der Waals surface area contributed by atoms with E-state index in [9.17, 15) is 4.39 Å². The van der Waals surface area contributed by atoms with E-state index in [2.05, 4.69) is 27.8 Å². The van der Waals surface area contributed by atoms with Gasteiger partial charge in [-0.05, 0) is 24.5 Å². The van der Waals surface area contributed by atoms with Crippen LogP contribution in [-0.4, -0.2) is 26.2 Å². The van der Waals surface area contributed by atoms with Crippen molar-refractivity contribution in [3.05, 3.63) is 71.5 Å². The third-order valence-electron chi connectivity index (χ3n) is 3.75. The first-order valence-electron chi connectivity index (χ1n) is 8.59. The highest BCUT2D eigenvalue weighted by atomic mass is 127. The number of unbranched alkanes of at least 4 members (excludes halogenated alkanes) is 1. The fourth-order valence-corrected chi connectivity index (χ4v) is 2.34. The summed E-state index contributed by atoms with van der Waals surface area (Å²) < 4.78 is 19.2. The van der Waals surface area contributed by atoms with Crippen LogP contribution in [-0.2, 0) is 17.9 Å². The van der Waals surface area contributed by atoms with Gasteiger partial charge in [-0.3, -0.25) is 4.99 Å². The number of benzene rings is 2. The second kappa shape index (κ2) is 13.5. The Balaban J connectivity index is 0.00000338. The van der Waals surface area contributed by atoms with Crippen LogP contribution in [0.3, 0.4) is 0 Å². The molecular weight excluding hydrogens is 444 g/mol. The largest absolute Gasteiger partial charge is 0.377 e. The Morgan fingerprint density at radius 2 is 1.73 bits per heavy atom. The summed E-state index contributed by atoms with van der Waals surface area (Å²) in [7, 11) is 1.71. The van der Waals surface area contributed by atoms with E-state index in [1.807, 2.05) is 24.3 Å². The van der Waals surface area contributed by atoms with Gasteiger partial charge >= 0.3 is 0 Å². The highest BCUT2D eigenvalue weighted by Gasteiger charge is 2.02. The molecule has 0 heterocycles. The molecule has 0 aliphatic heterocycles. The maximum Gasteiger partial charge on any atom is 0.191 e. The van der Waals surface area contributed by atoms with E-state index in [1.54, 1.807) is 19.2 Å². The van der Waals surface area contributed by atoms with Crippen molar-refractivity contribution >= 4 is 29.9 Å². The standard InChI is InChI=1S/C20H26FN3O.HI/c1-22-20(24-15-18-11-5-6-12-19(18)21)23-13-7-8-14-25-16-17-9-3-2-4-10-17;/h2-6,9-12H,7-8,13-16H2,1H3,(H2,22,23,24);1H. The number of hydrogen-bond donors (Lipinski definition) is 2. The maximum atomic E-state index is 13.6. The molecule has 0 bridgehead atoms. The van der Waals surface area contributed by atoms with Crippen LogP contribution in [0.15, 0.2) is 59.6 Å². The van der Waals surface area contributed by atoms with Gasteiger partial charge in [-0.15, -0.1) is 24.0 Å². The van der Waals surface area contributed by atoms with Crippen LogP contribution in [0.1, 0.15) is 24.0 Å². The van der Waals surface area contributed by atoms with Crippen LogP contribution < -0.4 is 10.6 Å². The van der Waals surface area contributed by atoms with Crippen LogP contribution in [0.2, 0.25) is 0 Å². The average molecular weight is 471 g/mol. The summed E-state index contributed by atoms with van der Waals surface area (Å²) in [6, 6.07) is 16.9. The smallest absolute Gasteiger partial charge is 0.191 e. The monoisotopic (exact) mass is 471 g/mol. The molecule has 0 saturated carbocycles. The van der Waals surface area contributed by atoms with Crippen molar-refractivity contribution in [3.63, 3.8) is 0 Å². The second-order valence-electron chi connectivity index (χ2n) is 5.69. The summed E-state index contributed by atoms with van der Waals surface area (Å²) in [6.07, 6.45) is 1.96. The van der Waals surface area contributed by atoms with Crippen molar-refractivity contribution in [3.8, 4) is 0 Å². The molecule has 0 aromatic heterocycles. The third-order valence-corrected chi connectivity index (χ3v) is 3.75. The van der Waals surface area contributed by atoms with Crippen LogP contribution >= 0.6 is 24.0 Å². The second-order valence-corrected chi connectivity index (χ2v) is 5.69. The summed E-state index contributed by atoms with van der Waals surface area (Å²) in [5, 5.41) is 6.35. The Morgan fingerprint density at radius 1 is 1.00 bits per heavy atom. The number of nitrogens with zero attached hydrogens (tertiary/aromatic N) is 1. The van der Waals surface area contributed by atoms with Crippen LogP contribution in [0.5, 0.6) is 0 Å². The van der Waals surface area contributed by atoms with Crippen molar-refractivity contribution in [2.45, 2.75) is 26.0 Å². The van der Waals surface area contributed by atoms with E-state index in [4.69, 9.17) is 4.74 Å². The molecule has 0 spiro atoms. The van der Waals surface area contributed by atoms with Gasteiger partial charge in [0.2, 0.25) is 0 Å². The summed E-state index contributed by atoms with van der Waals surface area (Å²) in [6.45, 7) is 2.59. The first-order chi connectivity index (χ1) is 12.3. The van der Waals surface area contributed by atoms with Gasteiger partial charge in [0.25, 0.3) is 0 Å². The molecule has 26 heavy (non-hydrogen) atoms. The summed E-state index contributed by atoms with van der Waals surface area (Å²) in [5.41, 5.74) is 1.82. The number of hydrogen-bond acceptors (Lipinski definition) is 2. The van der Waals surface area contributed by atoms with E-state index >= 15 is 0 Å². The van der Waals surface area contributed by atoms with Gasteiger partial charge in [0.15, 0.2) is 5.96 Å². The highest BCUT2D eigenvalue weighted by molar-refractivity contribution is 14.0. The van der Waals surface area contributed by atoms with Gasteiger partial charge in [0.1, 0.15) is 5.82 Å². The molecule has 0 atom stereocenters. The summed E-state index contributed by atoms with van der Waals surface area (Å²) in [5.74, 6) is 0.467. The van der Waals surface area contributed by atoms with E-state index in [0.717, 1.165) is 26.0 Å². The van der Waals surface area contributed by atoms with E-state index in [0.29, 0.717) is 24.7 Å². The van der Waals surface area contributed by atoms with E-state index in [1.165, 1.54) is 11.6 Å². The minimum Gasteiger partial charge on any atom is -0.377 e. The lowest BCUT2D eigenvalue weighted by atomic mass is 10.2. The zero-order valence-electron chi connectivity index (χ0n) is 15.1. The fourth-order valence-electron chi connectivity index (χ4n) is 2.34. The van der Waals surface area contributed by atoms with Crippen LogP contribution in [0.25, 0.3) is 0 Å². The molecule has 0 radical (unpaired) electrons. The quantitative estimate of drug-likeness (QED) is 0.251. The zero-order chi connectivity index (χ0) is 17.7. The Hall–Kier alpha value is -1.67. The molecule has 2 aromatic rings. The van der Waals surface area contributed by atoms with Gasteiger partial charge in [-0.25, -0.2) is 4.39 Å². The minimum absolute atomic E-state index is 0. The molecule has 0 aliphatic carbocycles. The predicted molar refractivity (Wildman–Crippen MR) is 115 cm³/mol. The summed E-state index contributed by atoms with van der Waals surface area (Å²) in [4.78, 5) is 4.15. The number of halogens is 2. The zero-order valence-corrected chi connectivity index (χ0v) is 17.4. The fraction of sp³-hybridized carbons (Fsp3) is 0.350. The van der Waals surface area contributed by atoms with Crippen molar-refractivity contribution < 1.29 is 9.13 Å². The van der Waals surface area contributed by atoms with Gasteiger partial charge < -0.3 is 15.4 Å². The number of aliphatic imine (C=N–C) groups is 1. The molecule has 2 N–H and O–H groups in total. The SMILES string of the molecule is CN=C(NCCCCOCc1ccccc1)NCc1ccccc1F.I. The molecule has 4 nitrogen and oxygen atoms in total. The first-order valence-corrected chi connectivity index (χ1v) is 8.59.